The van der Waals surface area contributed by atoms with Crippen LogP contribution in [0.15, 0.2) is 64.3 Å². The summed E-state index contributed by atoms with van der Waals surface area (Å²) < 4.78 is 39.6. The molecule has 11 nitrogen and oxygen atoms in total. The number of aliphatic hydroxyl groups excluding tert-OH is 1. The van der Waals surface area contributed by atoms with Crippen LogP contribution in [0.2, 0.25) is 0 Å². The van der Waals surface area contributed by atoms with E-state index in [9.17, 15) is 19.5 Å². The first-order valence-electron chi connectivity index (χ1n) is 12.5. The zero-order valence-electron chi connectivity index (χ0n) is 22.3. The number of carbonyl (C=O) groups is 1. The SMILES string of the molecule is CC(C)OC(=O)[C@H](C)NP(=S)(OC[C@H]1O[C@@H](n2ccc(=O)[nH]c2=O)[C@](C)(F)[C@@H]1O)Oc1cccc2ccccc12. The molecule has 40 heavy (non-hydrogen) atoms. The molecule has 4 rings (SSSR count). The Kier molecular flexibility index (Phi) is 8.93. The number of aromatic amines is 1. The van der Waals surface area contributed by atoms with Crippen LogP contribution < -0.4 is 20.9 Å². The van der Waals surface area contributed by atoms with E-state index in [0.29, 0.717) is 5.75 Å². The Morgan fingerprint density at radius 3 is 2.62 bits per heavy atom. The van der Waals surface area contributed by atoms with Gasteiger partial charge in [-0.3, -0.25) is 19.1 Å². The Morgan fingerprint density at radius 2 is 1.93 bits per heavy atom. The van der Waals surface area contributed by atoms with Crippen molar-refractivity contribution in [1.82, 2.24) is 14.6 Å². The number of aliphatic hydroxyl groups is 1. The van der Waals surface area contributed by atoms with Gasteiger partial charge in [-0.25, -0.2) is 14.3 Å². The normalized spacial score (nSPS) is 25.0. The number of nitrogens with one attached hydrogen (secondary N) is 2. The number of fused-ring (bicyclic) bond motifs is 1. The minimum atomic E-state index is -3.57. The number of hydrogen-bond donors (Lipinski definition) is 3. The highest BCUT2D eigenvalue weighted by atomic mass is 32.5. The lowest BCUT2D eigenvalue weighted by Gasteiger charge is -2.28. The number of benzene rings is 2. The Labute approximate surface area is 234 Å². The zero-order chi connectivity index (χ0) is 29.2. The zero-order valence-corrected chi connectivity index (χ0v) is 24.0. The molecular formula is C26H31FN3O8PS. The average molecular weight is 596 g/mol. The van der Waals surface area contributed by atoms with Gasteiger partial charge < -0.3 is 23.6 Å². The van der Waals surface area contributed by atoms with Crippen LogP contribution in [0.25, 0.3) is 10.8 Å². The molecule has 216 valence electrons. The lowest BCUT2D eigenvalue weighted by molar-refractivity contribution is -0.149. The molecule has 1 aliphatic heterocycles. The van der Waals surface area contributed by atoms with Crippen LogP contribution in [0.3, 0.4) is 0 Å². The lowest BCUT2D eigenvalue weighted by atomic mass is 9.98. The second kappa shape index (κ2) is 11.9. The van der Waals surface area contributed by atoms with E-state index in [1.54, 1.807) is 32.9 Å². The van der Waals surface area contributed by atoms with Crippen LogP contribution in [-0.2, 0) is 30.6 Å². The molecule has 0 saturated carbocycles. The summed E-state index contributed by atoms with van der Waals surface area (Å²) in [7, 11) is 0. The number of carbonyl (C=O) groups excluding carboxylic acids is 1. The van der Waals surface area contributed by atoms with Crippen LogP contribution in [-0.4, -0.2) is 57.3 Å². The van der Waals surface area contributed by atoms with Gasteiger partial charge in [0.05, 0.1) is 12.7 Å². The number of rotatable bonds is 10. The van der Waals surface area contributed by atoms with Crippen LogP contribution >= 0.6 is 6.64 Å². The minimum absolute atomic E-state index is 0.368. The fourth-order valence-corrected chi connectivity index (χ4v) is 6.67. The molecule has 1 saturated heterocycles. The van der Waals surface area contributed by atoms with Crippen molar-refractivity contribution in [2.45, 2.75) is 63.9 Å². The third-order valence-corrected chi connectivity index (χ3v) is 8.74. The molecule has 3 N–H and O–H groups in total. The summed E-state index contributed by atoms with van der Waals surface area (Å²) in [6.45, 7) is 2.01. The molecule has 14 heteroatoms. The van der Waals surface area contributed by atoms with Gasteiger partial charge in [0, 0.05) is 17.6 Å². The Morgan fingerprint density at radius 1 is 1.23 bits per heavy atom. The molecule has 0 aliphatic carbocycles. The standard InChI is InChI=1S/C26H31FN3O8PS/c1-15(2)36-23(33)16(3)29-39(40,38-19-11-7-9-17-8-5-6-10-18(17)19)35-14-20-22(32)26(4,27)24(37-20)30-13-12-21(31)28-25(30)34/h5-13,15-16,20,22,24,32H,14H2,1-4H3,(H,29,40)(H,28,31,34)/t16-,20+,22+,24+,26+,39?/m0/s1. The lowest BCUT2D eigenvalue weighted by Crippen LogP contribution is -2.43. The molecule has 1 aliphatic rings. The first-order valence-corrected chi connectivity index (χ1v) is 15.2. The Hall–Kier alpha value is -2.93. The van der Waals surface area contributed by atoms with Crippen molar-refractivity contribution in [2.75, 3.05) is 6.61 Å². The van der Waals surface area contributed by atoms with Crippen LogP contribution in [0.4, 0.5) is 4.39 Å². The van der Waals surface area contributed by atoms with Crippen molar-refractivity contribution in [3.05, 3.63) is 75.6 Å². The van der Waals surface area contributed by atoms with E-state index >= 15 is 4.39 Å². The van der Waals surface area contributed by atoms with E-state index < -0.39 is 60.6 Å². The van der Waals surface area contributed by atoms with Crippen molar-refractivity contribution in [3.63, 3.8) is 0 Å². The summed E-state index contributed by atoms with van der Waals surface area (Å²) >= 11 is 5.77. The molecule has 0 amide bonds. The molecule has 1 unspecified atom stereocenters. The molecular weight excluding hydrogens is 564 g/mol. The highest BCUT2D eigenvalue weighted by Gasteiger charge is 2.55. The molecule has 2 heterocycles. The molecule has 3 aromatic rings. The molecule has 1 fully saturated rings. The Bertz CT molecular complexity index is 1540. The topological polar surface area (TPSA) is 141 Å². The van der Waals surface area contributed by atoms with Gasteiger partial charge in [-0.2, -0.15) is 0 Å². The first kappa shape index (κ1) is 30.0. The summed E-state index contributed by atoms with van der Waals surface area (Å²) in [5.74, 6) is -0.195. The number of hydrogen-bond acceptors (Lipinski definition) is 9. The second-order valence-corrected chi connectivity index (χ2v) is 13.0. The van der Waals surface area contributed by atoms with E-state index in [-0.39, 0.29) is 6.10 Å². The van der Waals surface area contributed by atoms with E-state index in [2.05, 4.69) is 5.09 Å². The van der Waals surface area contributed by atoms with E-state index in [4.69, 9.17) is 30.3 Å². The van der Waals surface area contributed by atoms with Crippen LogP contribution in [0.1, 0.15) is 33.9 Å². The fraction of sp³-hybridized carbons (Fsp3) is 0.423. The van der Waals surface area contributed by atoms with Gasteiger partial charge in [0.1, 0.15) is 24.0 Å². The van der Waals surface area contributed by atoms with E-state index in [1.807, 2.05) is 35.3 Å². The molecule has 2 aromatic carbocycles. The van der Waals surface area contributed by atoms with Gasteiger partial charge in [-0.1, -0.05) is 36.4 Å². The molecule has 0 bridgehead atoms. The average Bonchev–Trinajstić information content (AvgIpc) is 3.11. The number of ether oxygens (including phenoxy) is 2. The third-order valence-electron chi connectivity index (χ3n) is 6.25. The molecule has 0 spiro atoms. The maximum atomic E-state index is 15.7. The second-order valence-electron chi connectivity index (χ2n) is 9.84. The molecule has 0 radical (unpaired) electrons. The summed E-state index contributed by atoms with van der Waals surface area (Å²) in [5, 5.41) is 15.3. The Balaban J connectivity index is 1.60. The monoisotopic (exact) mass is 595 g/mol. The van der Waals surface area contributed by atoms with Crippen molar-refractivity contribution >= 4 is 35.2 Å². The van der Waals surface area contributed by atoms with Gasteiger partial charge in [-0.15, -0.1) is 0 Å². The molecule has 1 aromatic heterocycles. The van der Waals surface area contributed by atoms with Gasteiger partial charge in [-0.05, 0) is 51.0 Å². The molecule has 6 atom stereocenters. The van der Waals surface area contributed by atoms with Crippen molar-refractivity contribution in [2.24, 2.45) is 0 Å². The van der Waals surface area contributed by atoms with Crippen molar-refractivity contribution < 1.29 is 32.8 Å². The predicted molar refractivity (Wildman–Crippen MR) is 149 cm³/mol. The van der Waals surface area contributed by atoms with Gasteiger partial charge in [0.15, 0.2) is 11.9 Å². The van der Waals surface area contributed by atoms with Crippen LogP contribution in [0, 0.1) is 0 Å². The fourth-order valence-electron chi connectivity index (χ4n) is 4.25. The van der Waals surface area contributed by atoms with Gasteiger partial charge >= 0.3 is 18.3 Å². The number of nitrogens with zero attached hydrogens (tertiary/aromatic N) is 1. The first-order chi connectivity index (χ1) is 18.8. The quantitative estimate of drug-likeness (QED) is 0.237. The highest BCUT2D eigenvalue weighted by molar-refractivity contribution is 8.09. The number of H-pyrrole nitrogens is 1. The summed E-state index contributed by atoms with van der Waals surface area (Å²) in [5.41, 5.74) is -4.00. The maximum Gasteiger partial charge on any atom is 0.330 e. The maximum absolute atomic E-state index is 15.7. The highest BCUT2D eigenvalue weighted by Crippen LogP contribution is 2.49. The number of halogens is 1. The van der Waals surface area contributed by atoms with Crippen LogP contribution in [0.5, 0.6) is 5.75 Å². The minimum Gasteiger partial charge on any atom is -0.462 e. The summed E-state index contributed by atoms with van der Waals surface area (Å²) in [6.07, 6.45) is -3.87. The number of esters is 1. The number of alkyl halides is 1. The third kappa shape index (κ3) is 6.51. The predicted octanol–water partition coefficient (Wildman–Crippen LogP) is 2.93. The largest absolute Gasteiger partial charge is 0.462 e. The summed E-state index contributed by atoms with van der Waals surface area (Å²) in [6, 6.07) is 12.9. The van der Waals surface area contributed by atoms with E-state index in [0.717, 1.165) is 34.5 Å². The van der Waals surface area contributed by atoms with Crippen molar-refractivity contribution in [3.8, 4) is 5.75 Å². The van der Waals surface area contributed by atoms with Gasteiger partial charge in [0.2, 0.25) is 0 Å². The summed E-state index contributed by atoms with van der Waals surface area (Å²) in [4.78, 5) is 38.3. The van der Waals surface area contributed by atoms with Gasteiger partial charge in [0.25, 0.3) is 5.56 Å². The van der Waals surface area contributed by atoms with E-state index in [1.165, 1.54) is 0 Å². The number of aromatic nitrogens is 2. The smallest absolute Gasteiger partial charge is 0.330 e. The van der Waals surface area contributed by atoms with Crippen molar-refractivity contribution in [1.29, 1.82) is 0 Å².